The van der Waals surface area contributed by atoms with E-state index in [0.29, 0.717) is 6.42 Å². The van der Waals surface area contributed by atoms with Gasteiger partial charge >= 0.3 is 0 Å². The summed E-state index contributed by atoms with van der Waals surface area (Å²) in [6.45, 7) is 8.15. The van der Waals surface area contributed by atoms with E-state index in [-0.39, 0.29) is 36.5 Å². The molecule has 0 radical (unpaired) electrons. The van der Waals surface area contributed by atoms with Gasteiger partial charge in [-0.15, -0.1) is 11.3 Å². The smallest absolute Gasteiger partial charge is 0.246 e. The first-order chi connectivity index (χ1) is 19.2. The molecule has 8 nitrogen and oxygen atoms in total. The Labute approximate surface area is 238 Å². The van der Waals surface area contributed by atoms with Crippen LogP contribution >= 0.6 is 11.3 Å². The molecule has 0 unspecified atom stereocenters. The zero-order valence-corrected chi connectivity index (χ0v) is 24.1. The molecule has 4 aromatic rings. The summed E-state index contributed by atoms with van der Waals surface area (Å²) in [6.07, 6.45) is 6.78. The van der Waals surface area contributed by atoms with Crippen LogP contribution < -0.4 is 0 Å². The second-order valence-corrected chi connectivity index (χ2v) is 11.8. The lowest BCUT2D eigenvalue weighted by atomic mass is 9.91. The zero-order valence-electron chi connectivity index (χ0n) is 23.3. The SMILES string of the molecule is Cc1ncsc1-c1ccc([C@H](C)CC(=O)[C@@H]2C[C@@H](O)CN2C(=O)[C@H](C(C)C)n2cnc(-c3cccnc3)c2)cc1. The number of ketones is 1. The zero-order chi connectivity index (χ0) is 28.4. The summed E-state index contributed by atoms with van der Waals surface area (Å²) < 4.78 is 1.82. The second-order valence-electron chi connectivity index (χ2n) is 11.0. The highest BCUT2D eigenvalue weighted by molar-refractivity contribution is 7.13. The maximum atomic E-state index is 13.9. The maximum Gasteiger partial charge on any atom is 0.246 e. The van der Waals surface area contributed by atoms with E-state index in [9.17, 15) is 14.7 Å². The number of imidazole rings is 1. The van der Waals surface area contributed by atoms with Gasteiger partial charge in [0.1, 0.15) is 6.04 Å². The van der Waals surface area contributed by atoms with Crippen LogP contribution in [0.25, 0.3) is 21.7 Å². The number of nitrogens with zero attached hydrogens (tertiary/aromatic N) is 5. The standard InChI is InChI=1S/C31H35N5O3S/c1-19(2)29(35-16-26(33-17-35)24-6-5-11-32-14-24)31(39)36-15-25(37)13-27(36)28(38)12-20(3)22-7-9-23(10-8-22)30-21(4)34-18-40-30/h5-11,14,16-20,25,27,29,37H,12-13,15H2,1-4H3/t20-,25-,27+,29+/m1/s1. The van der Waals surface area contributed by atoms with E-state index in [0.717, 1.165) is 33.0 Å². The predicted molar refractivity (Wildman–Crippen MR) is 156 cm³/mol. The van der Waals surface area contributed by atoms with Crippen molar-refractivity contribution in [2.24, 2.45) is 5.92 Å². The van der Waals surface area contributed by atoms with Crippen molar-refractivity contribution < 1.29 is 14.7 Å². The molecule has 1 aliphatic heterocycles. The minimum Gasteiger partial charge on any atom is -0.391 e. The van der Waals surface area contributed by atoms with Crippen molar-refractivity contribution in [2.75, 3.05) is 6.54 Å². The number of aromatic nitrogens is 4. The molecule has 0 saturated carbocycles. The Morgan fingerprint density at radius 3 is 2.52 bits per heavy atom. The molecule has 1 saturated heterocycles. The van der Waals surface area contributed by atoms with Gasteiger partial charge in [0.05, 0.1) is 40.2 Å². The van der Waals surface area contributed by atoms with Crippen LogP contribution in [0.4, 0.5) is 0 Å². The second kappa shape index (κ2) is 11.8. The van der Waals surface area contributed by atoms with Crippen molar-refractivity contribution in [3.05, 3.63) is 78.1 Å². The van der Waals surface area contributed by atoms with E-state index < -0.39 is 18.2 Å². The van der Waals surface area contributed by atoms with E-state index >= 15 is 0 Å². The van der Waals surface area contributed by atoms with Gasteiger partial charge in [0.15, 0.2) is 5.78 Å². The molecule has 1 amide bonds. The topological polar surface area (TPSA) is 101 Å². The van der Waals surface area contributed by atoms with Crippen molar-refractivity contribution in [1.29, 1.82) is 0 Å². The number of carbonyl (C=O) groups excluding carboxylic acids is 2. The van der Waals surface area contributed by atoms with Crippen LogP contribution in [0, 0.1) is 12.8 Å². The number of benzene rings is 1. The molecule has 0 spiro atoms. The number of thiazole rings is 1. The molecule has 208 valence electrons. The van der Waals surface area contributed by atoms with Crippen LogP contribution in [0.1, 0.15) is 56.8 Å². The molecular formula is C31H35N5O3S. The summed E-state index contributed by atoms with van der Waals surface area (Å²) in [5.74, 6) is -0.257. The fraction of sp³-hybridized carbons (Fsp3) is 0.387. The van der Waals surface area contributed by atoms with Crippen LogP contribution in [-0.4, -0.2) is 59.9 Å². The fourth-order valence-corrected chi connectivity index (χ4v) is 6.35. The van der Waals surface area contributed by atoms with E-state index in [2.05, 4.69) is 39.2 Å². The third-order valence-electron chi connectivity index (χ3n) is 7.69. The molecule has 3 aromatic heterocycles. The Kier molecular flexibility index (Phi) is 8.23. The molecule has 40 heavy (non-hydrogen) atoms. The largest absolute Gasteiger partial charge is 0.391 e. The lowest BCUT2D eigenvalue weighted by molar-refractivity contribution is -0.141. The van der Waals surface area contributed by atoms with Crippen molar-refractivity contribution >= 4 is 23.0 Å². The van der Waals surface area contributed by atoms with Gasteiger partial charge in [-0.3, -0.25) is 14.6 Å². The van der Waals surface area contributed by atoms with Crippen LogP contribution in [0.3, 0.4) is 0 Å². The number of rotatable bonds is 9. The molecule has 9 heteroatoms. The molecule has 5 rings (SSSR count). The number of β-amino-alcohol motifs (C(OH)–C–C–N with tert-alkyl or cyclic N) is 1. The number of Topliss-reactive ketones (excluding diaryl/α,β-unsaturated/α-hetero) is 1. The van der Waals surface area contributed by atoms with E-state index in [1.54, 1.807) is 35.0 Å². The third-order valence-corrected chi connectivity index (χ3v) is 8.67. The Hall–Kier alpha value is -3.69. The highest BCUT2D eigenvalue weighted by Gasteiger charge is 2.42. The third kappa shape index (κ3) is 5.76. The molecule has 4 atom stereocenters. The van der Waals surface area contributed by atoms with E-state index in [4.69, 9.17) is 0 Å². The van der Waals surface area contributed by atoms with Crippen molar-refractivity contribution in [3.8, 4) is 21.7 Å². The first kappa shape index (κ1) is 27.9. The molecule has 4 heterocycles. The van der Waals surface area contributed by atoms with Gasteiger partial charge in [0.25, 0.3) is 0 Å². The summed E-state index contributed by atoms with van der Waals surface area (Å²) in [5, 5.41) is 10.5. The van der Waals surface area contributed by atoms with Gasteiger partial charge in [-0.1, -0.05) is 45.0 Å². The number of aliphatic hydroxyl groups is 1. The van der Waals surface area contributed by atoms with Gasteiger partial charge < -0.3 is 14.6 Å². The molecule has 1 N–H and O–H groups in total. The van der Waals surface area contributed by atoms with E-state index in [1.807, 2.05) is 56.1 Å². The number of likely N-dealkylation sites (tertiary alicyclic amines) is 1. The highest BCUT2D eigenvalue weighted by atomic mass is 32.1. The quantitative estimate of drug-likeness (QED) is 0.300. The van der Waals surface area contributed by atoms with Gasteiger partial charge in [-0.2, -0.15) is 0 Å². The number of pyridine rings is 1. The number of hydrogen-bond donors (Lipinski definition) is 1. The van der Waals surface area contributed by atoms with Crippen molar-refractivity contribution in [2.45, 2.75) is 64.6 Å². The van der Waals surface area contributed by atoms with Gasteiger partial charge in [0, 0.05) is 43.5 Å². The lowest BCUT2D eigenvalue weighted by Gasteiger charge is -2.31. The summed E-state index contributed by atoms with van der Waals surface area (Å²) in [5.41, 5.74) is 6.63. The Balaban J connectivity index is 1.30. The average molecular weight is 558 g/mol. The number of aryl methyl sites for hydroxylation is 1. The first-order valence-electron chi connectivity index (χ1n) is 13.7. The molecule has 1 aliphatic rings. The first-order valence-corrected chi connectivity index (χ1v) is 14.6. The minimum absolute atomic E-state index is 0.0182. The van der Waals surface area contributed by atoms with Crippen molar-refractivity contribution in [1.82, 2.24) is 24.4 Å². The summed E-state index contributed by atoms with van der Waals surface area (Å²) in [6, 6.07) is 10.9. The Morgan fingerprint density at radius 2 is 1.88 bits per heavy atom. The van der Waals surface area contributed by atoms with Crippen LogP contribution in [0.2, 0.25) is 0 Å². The highest BCUT2D eigenvalue weighted by Crippen LogP contribution is 2.32. The van der Waals surface area contributed by atoms with Gasteiger partial charge in [-0.05, 0) is 42.0 Å². The fourth-order valence-electron chi connectivity index (χ4n) is 5.54. The van der Waals surface area contributed by atoms with Crippen LogP contribution in [-0.2, 0) is 9.59 Å². The predicted octanol–water partition coefficient (Wildman–Crippen LogP) is 5.30. The summed E-state index contributed by atoms with van der Waals surface area (Å²) in [4.78, 5) is 43.2. The lowest BCUT2D eigenvalue weighted by Crippen LogP contribution is -2.45. The van der Waals surface area contributed by atoms with E-state index in [1.165, 1.54) is 0 Å². The number of carbonyl (C=O) groups is 2. The van der Waals surface area contributed by atoms with Gasteiger partial charge in [0.2, 0.25) is 5.91 Å². The number of aliphatic hydroxyl groups excluding tert-OH is 1. The number of amides is 1. The number of hydrogen-bond acceptors (Lipinski definition) is 7. The molecule has 1 aromatic carbocycles. The monoisotopic (exact) mass is 557 g/mol. The minimum atomic E-state index is -0.725. The molecule has 0 aliphatic carbocycles. The van der Waals surface area contributed by atoms with Crippen LogP contribution in [0.15, 0.2) is 66.8 Å². The van der Waals surface area contributed by atoms with Crippen molar-refractivity contribution in [3.63, 3.8) is 0 Å². The molecule has 1 fully saturated rings. The van der Waals surface area contributed by atoms with Crippen LogP contribution in [0.5, 0.6) is 0 Å². The molecule has 0 bridgehead atoms. The summed E-state index contributed by atoms with van der Waals surface area (Å²) in [7, 11) is 0. The maximum absolute atomic E-state index is 13.9. The Bertz CT molecular complexity index is 1460. The van der Waals surface area contributed by atoms with Gasteiger partial charge in [-0.25, -0.2) is 9.97 Å². The average Bonchev–Trinajstić information content (AvgIpc) is 3.69. The summed E-state index contributed by atoms with van der Waals surface area (Å²) >= 11 is 1.62. The Morgan fingerprint density at radius 1 is 1.10 bits per heavy atom. The normalized spacial score (nSPS) is 18.7. The molecular weight excluding hydrogens is 522 g/mol.